The second-order valence-corrected chi connectivity index (χ2v) is 7.17. The maximum Gasteiger partial charge on any atom is 0.302 e. The molecular formula is C21H40O4. The van der Waals surface area contributed by atoms with Crippen LogP contribution in [-0.4, -0.2) is 24.1 Å². The van der Waals surface area contributed by atoms with Gasteiger partial charge < -0.3 is 9.47 Å². The van der Waals surface area contributed by atoms with Gasteiger partial charge in [-0.05, 0) is 39.0 Å². The lowest BCUT2D eigenvalue weighted by atomic mass is 10.0. The highest BCUT2D eigenvalue weighted by molar-refractivity contribution is 5.66. The molecule has 0 aliphatic heterocycles. The van der Waals surface area contributed by atoms with Crippen LogP contribution in [0.15, 0.2) is 0 Å². The molecule has 2 atom stereocenters. The molecule has 0 heterocycles. The van der Waals surface area contributed by atoms with Crippen molar-refractivity contribution in [1.82, 2.24) is 0 Å². The number of hydrogen-bond donors (Lipinski definition) is 0. The third-order valence-electron chi connectivity index (χ3n) is 4.54. The molecule has 0 aliphatic rings. The molecule has 0 amide bonds. The highest BCUT2D eigenvalue weighted by Gasteiger charge is 2.08. The van der Waals surface area contributed by atoms with Crippen molar-refractivity contribution < 1.29 is 19.1 Å². The Kier molecular flexibility index (Phi) is 15.7. The maximum atomic E-state index is 10.9. The van der Waals surface area contributed by atoms with Crippen LogP contribution in [0.25, 0.3) is 0 Å². The summed E-state index contributed by atoms with van der Waals surface area (Å²) in [5.74, 6) is -0.336. The van der Waals surface area contributed by atoms with E-state index in [-0.39, 0.29) is 24.1 Å². The molecule has 0 fully saturated rings. The topological polar surface area (TPSA) is 52.6 Å². The van der Waals surface area contributed by atoms with Gasteiger partial charge in [0.15, 0.2) is 0 Å². The van der Waals surface area contributed by atoms with Crippen LogP contribution in [0.2, 0.25) is 0 Å². The van der Waals surface area contributed by atoms with E-state index in [1.807, 2.05) is 6.92 Å². The molecule has 0 radical (unpaired) electrons. The highest BCUT2D eigenvalue weighted by Crippen LogP contribution is 2.15. The van der Waals surface area contributed by atoms with Gasteiger partial charge in [0, 0.05) is 13.8 Å². The molecule has 0 bridgehead atoms. The SMILES string of the molecule is CCC(CCCCCCCCCCCCC(C)OC(C)=O)OC(C)=O. The summed E-state index contributed by atoms with van der Waals surface area (Å²) in [7, 11) is 0. The van der Waals surface area contributed by atoms with Crippen LogP contribution in [-0.2, 0) is 19.1 Å². The summed E-state index contributed by atoms with van der Waals surface area (Å²) in [6, 6.07) is 0. The predicted molar refractivity (Wildman–Crippen MR) is 102 cm³/mol. The standard InChI is InChI=1S/C21H40O4/c1-5-21(25-20(4)23)17-15-13-11-9-7-6-8-10-12-14-16-18(2)24-19(3)22/h18,21H,5-17H2,1-4H3. The molecule has 0 rings (SSSR count). The number of esters is 2. The molecule has 2 unspecified atom stereocenters. The Morgan fingerprint density at radius 2 is 1.08 bits per heavy atom. The van der Waals surface area contributed by atoms with E-state index >= 15 is 0 Å². The van der Waals surface area contributed by atoms with Gasteiger partial charge in [-0.15, -0.1) is 0 Å². The lowest BCUT2D eigenvalue weighted by Crippen LogP contribution is -2.14. The summed E-state index contributed by atoms with van der Waals surface area (Å²) in [4.78, 5) is 21.8. The van der Waals surface area contributed by atoms with Crippen molar-refractivity contribution in [1.29, 1.82) is 0 Å². The first kappa shape index (κ1) is 23.9. The summed E-state index contributed by atoms with van der Waals surface area (Å²) in [5.41, 5.74) is 0. The second kappa shape index (κ2) is 16.4. The fourth-order valence-corrected chi connectivity index (χ4v) is 3.14. The molecule has 148 valence electrons. The molecule has 0 spiro atoms. The Labute approximate surface area is 155 Å². The largest absolute Gasteiger partial charge is 0.463 e. The average Bonchev–Trinajstić information content (AvgIpc) is 2.53. The van der Waals surface area contributed by atoms with Gasteiger partial charge in [-0.3, -0.25) is 9.59 Å². The Balaban J connectivity index is 3.28. The third-order valence-corrected chi connectivity index (χ3v) is 4.54. The first-order chi connectivity index (χ1) is 12.0. The van der Waals surface area contributed by atoms with Crippen molar-refractivity contribution in [2.45, 2.75) is 123 Å². The van der Waals surface area contributed by atoms with Crippen LogP contribution >= 0.6 is 0 Å². The first-order valence-electron chi connectivity index (χ1n) is 10.3. The molecule has 0 aliphatic carbocycles. The summed E-state index contributed by atoms with van der Waals surface area (Å²) in [5, 5.41) is 0. The van der Waals surface area contributed by atoms with Crippen molar-refractivity contribution in [2.75, 3.05) is 0 Å². The molecule has 0 aromatic rings. The van der Waals surface area contributed by atoms with E-state index in [1.54, 1.807) is 0 Å². The number of unbranched alkanes of at least 4 members (excludes halogenated alkanes) is 9. The van der Waals surface area contributed by atoms with E-state index < -0.39 is 0 Å². The van der Waals surface area contributed by atoms with Gasteiger partial charge in [0.25, 0.3) is 0 Å². The molecule has 4 heteroatoms. The van der Waals surface area contributed by atoms with E-state index in [0.29, 0.717) is 0 Å². The fourth-order valence-electron chi connectivity index (χ4n) is 3.14. The number of carbonyl (C=O) groups excluding carboxylic acids is 2. The summed E-state index contributed by atoms with van der Waals surface area (Å²) < 4.78 is 10.4. The molecular weight excluding hydrogens is 316 g/mol. The quantitative estimate of drug-likeness (QED) is 0.253. The van der Waals surface area contributed by atoms with Crippen LogP contribution in [0.5, 0.6) is 0 Å². The van der Waals surface area contributed by atoms with Gasteiger partial charge in [-0.25, -0.2) is 0 Å². The van der Waals surface area contributed by atoms with Gasteiger partial charge in [0.05, 0.1) is 6.10 Å². The predicted octanol–water partition coefficient (Wildman–Crippen LogP) is 5.96. The zero-order valence-electron chi connectivity index (χ0n) is 17.0. The zero-order valence-corrected chi connectivity index (χ0v) is 17.0. The molecule has 0 aromatic carbocycles. The lowest BCUT2D eigenvalue weighted by Gasteiger charge is -2.14. The van der Waals surface area contributed by atoms with Gasteiger partial charge >= 0.3 is 11.9 Å². The molecule has 4 nitrogen and oxygen atoms in total. The molecule has 25 heavy (non-hydrogen) atoms. The lowest BCUT2D eigenvalue weighted by molar-refractivity contribution is -0.147. The van der Waals surface area contributed by atoms with Crippen LogP contribution < -0.4 is 0 Å². The molecule has 0 saturated carbocycles. The maximum absolute atomic E-state index is 10.9. The minimum Gasteiger partial charge on any atom is -0.463 e. The first-order valence-corrected chi connectivity index (χ1v) is 10.3. The van der Waals surface area contributed by atoms with Gasteiger partial charge in [0.2, 0.25) is 0 Å². The van der Waals surface area contributed by atoms with E-state index in [0.717, 1.165) is 32.1 Å². The molecule has 0 aromatic heterocycles. The van der Waals surface area contributed by atoms with Gasteiger partial charge in [-0.2, -0.15) is 0 Å². The van der Waals surface area contributed by atoms with Crippen LogP contribution in [0.1, 0.15) is 111 Å². The zero-order chi connectivity index (χ0) is 18.9. The van der Waals surface area contributed by atoms with Crippen LogP contribution in [0, 0.1) is 0 Å². The number of carbonyl (C=O) groups is 2. The summed E-state index contributed by atoms with van der Waals surface area (Å²) >= 11 is 0. The molecule has 0 saturated heterocycles. The summed E-state index contributed by atoms with van der Waals surface area (Å²) in [6.07, 6.45) is 15.7. The fraction of sp³-hybridized carbons (Fsp3) is 0.905. The Morgan fingerprint density at radius 1 is 0.680 bits per heavy atom. The van der Waals surface area contributed by atoms with E-state index in [1.165, 1.54) is 65.2 Å². The van der Waals surface area contributed by atoms with Crippen molar-refractivity contribution in [3.8, 4) is 0 Å². The van der Waals surface area contributed by atoms with Crippen LogP contribution in [0.3, 0.4) is 0 Å². The van der Waals surface area contributed by atoms with Gasteiger partial charge in [0.1, 0.15) is 6.10 Å². The number of hydrogen-bond acceptors (Lipinski definition) is 4. The van der Waals surface area contributed by atoms with E-state index in [4.69, 9.17) is 9.47 Å². The van der Waals surface area contributed by atoms with E-state index in [9.17, 15) is 9.59 Å². The highest BCUT2D eigenvalue weighted by atomic mass is 16.5. The van der Waals surface area contributed by atoms with Crippen molar-refractivity contribution in [2.24, 2.45) is 0 Å². The smallest absolute Gasteiger partial charge is 0.302 e. The average molecular weight is 357 g/mol. The van der Waals surface area contributed by atoms with Crippen molar-refractivity contribution >= 4 is 11.9 Å². The van der Waals surface area contributed by atoms with Crippen molar-refractivity contribution in [3.63, 3.8) is 0 Å². The molecule has 0 N–H and O–H groups in total. The second-order valence-electron chi connectivity index (χ2n) is 7.17. The Bertz CT molecular complexity index is 341. The minimum absolute atomic E-state index is 0.0608. The minimum atomic E-state index is -0.177. The number of ether oxygens (including phenoxy) is 2. The number of rotatable bonds is 16. The Hall–Kier alpha value is -1.06. The van der Waals surface area contributed by atoms with Crippen LogP contribution in [0.4, 0.5) is 0 Å². The van der Waals surface area contributed by atoms with Crippen molar-refractivity contribution in [3.05, 3.63) is 0 Å². The normalized spacial score (nSPS) is 13.3. The van der Waals surface area contributed by atoms with E-state index in [2.05, 4.69) is 6.92 Å². The Morgan fingerprint density at radius 3 is 1.48 bits per heavy atom. The third kappa shape index (κ3) is 17.6. The van der Waals surface area contributed by atoms with Gasteiger partial charge in [-0.1, -0.05) is 58.3 Å². The monoisotopic (exact) mass is 356 g/mol. The summed E-state index contributed by atoms with van der Waals surface area (Å²) in [6.45, 7) is 7.00.